The van der Waals surface area contributed by atoms with Gasteiger partial charge in [0, 0.05) is 5.69 Å². The van der Waals surface area contributed by atoms with Gasteiger partial charge in [0.05, 0.1) is 16.3 Å². The molecular weight excluding hydrogens is 190 g/mol. The summed E-state index contributed by atoms with van der Waals surface area (Å²) in [7, 11) is 0. The van der Waals surface area contributed by atoms with Crippen molar-refractivity contribution in [3.05, 3.63) is 28.0 Å². The number of hydrogen-bond donors (Lipinski definition) is 1. The van der Waals surface area contributed by atoms with Gasteiger partial charge in [-0.05, 0) is 19.4 Å². The summed E-state index contributed by atoms with van der Waals surface area (Å²) < 4.78 is 0. The van der Waals surface area contributed by atoms with Crippen LogP contribution in [0.2, 0.25) is 5.02 Å². The number of aromatic nitrogens is 1. The summed E-state index contributed by atoms with van der Waals surface area (Å²) in [6.07, 6.45) is 0.640. The Kier molecular flexibility index (Phi) is 2.88. The van der Waals surface area contributed by atoms with Crippen LogP contribution in [0.1, 0.15) is 28.7 Å². The third-order valence-electron chi connectivity index (χ3n) is 1.72. The molecule has 0 radical (unpaired) electrons. The Bertz CT molecular complexity index is 350. The monoisotopic (exact) mass is 199 g/mol. The fourth-order valence-electron chi connectivity index (χ4n) is 1.11. The third-order valence-corrected chi connectivity index (χ3v) is 2.14. The molecule has 0 atom stereocenters. The van der Waals surface area contributed by atoms with Crippen molar-refractivity contribution in [3.8, 4) is 0 Å². The average molecular weight is 200 g/mol. The lowest BCUT2D eigenvalue weighted by molar-refractivity contribution is 0.0696. The molecule has 0 spiro atoms. The van der Waals surface area contributed by atoms with Gasteiger partial charge in [0.15, 0.2) is 0 Å². The predicted octanol–water partition coefficient (Wildman–Crippen LogP) is 2.30. The van der Waals surface area contributed by atoms with Gasteiger partial charge in [0.2, 0.25) is 0 Å². The topological polar surface area (TPSA) is 50.2 Å². The summed E-state index contributed by atoms with van der Waals surface area (Å²) in [5, 5.41) is 9.05. The smallest absolute Gasteiger partial charge is 0.337 e. The lowest BCUT2D eigenvalue weighted by Crippen LogP contribution is -2.03. The number of pyridine rings is 1. The zero-order valence-electron chi connectivity index (χ0n) is 7.47. The summed E-state index contributed by atoms with van der Waals surface area (Å²) >= 11 is 5.83. The fourth-order valence-corrected chi connectivity index (χ4v) is 1.42. The molecule has 1 N–H and O–H groups in total. The van der Waals surface area contributed by atoms with Crippen LogP contribution in [0.3, 0.4) is 0 Å². The summed E-state index contributed by atoms with van der Waals surface area (Å²) in [5.41, 5.74) is 1.45. The van der Waals surface area contributed by atoms with Gasteiger partial charge in [-0.1, -0.05) is 18.5 Å². The number of carbonyl (C=O) groups is 1. The quantitative estimate of drug-likeness (QED) is 0.795. The van der Waals surface area contributed by atoms with Gasteiger partial charge < -0.3 is 5.11 Å². The van der Waals surface area contributed by atoms with E-state index in [9.17, 15) is 4.79 Å². The van der Waals surface area contributed by atoms with Crippen molar-refractivity contribution in [1.29, 1.82) is 0 Å². The molecule has 0 bridgehead atoms. The molecule has 0 fully saturated rings. The Morgan fingerprint density at radius 2 is 2.31 bits per heavy atom. The molecule has 0 aliphatic carbocycles. The number of halogens is 1. The zero-order valence-corrected chi connectivity index (χ0v) is 8.22. The van der Waals surface area contributed by atoms with E-state index >= 15 is 0 Å². The summed E-state index contributed by atoms with van der Waals surface area (Å²) in [4.78, 5) is 14.9. The first kappa shape index (κ1) is 9.99. The second kappa shape index (κ2) is 3.75. The number of nitrogens with zero attached hydrogens (tertiary/aromatic N) is 1. The fraction of sp³-hybridized carbons (Fsp3) is 0.333. The summed E-state index contributed by atoms with van der Waals surface area (Å²) in [5.74, 6) is -1.01. The predicted molar refractivity (Wildman–Crippen MR) is 50.3 cm³/mol. The SMILES string of the molecule is CCc1nc(C)cc(C(=O)O)c1Cl. The van der Waals surface area contributed by atoms with Crippen LogP contribution in [-0.4, -0.2) is 16.1 Å². The molecular formula is C9H10ClNO2. The van der Waals surface area contributed by atoms with Crippen LogP contribution in [0.4, 0.5) is 0 Å². The summed E-state index contributed by atoms with van der Waals surface area (Å²) in [6, 6.07) is 1.48. The molecule has 70 valence electrons. The highest BCUT2D eigenvalue weighted by molar-refractivity contribution is 6.34. The lowest BCUT2D eigenvalue weighted by atomic mass is 10.1. The normalized spacial score (nSPS) is 10.1. The van der Waals surface area contributed by atoms with Gasteiger partial charge in [0.25, 0.3) is 0 Å². The van der Waals surface area contributed by atoms with E-state index in [1.807, 2.05) is 6.92 Å². The van der Waals surface area contributed by atoms with Gasteiger partial charge in [-0.2, -0.15) is 0 Å². The van der Waals surface area contributed by atoms with Crippen molar-refractivity contribution < 1.29 is 9.90 Å². The van der Waals surface area contributed by atoms with E-state index in [-0.39, 0.29) is 10.6 Å². The van der Waals surface area contributed by atoms with E-state index in [0.29, 0.717) is 17.8 Å². The van der Waals surface area contributed by atoms with Crippen LogP contribution in [0.25, 0.3) is 0 Å². The minimum atomic E-state index is -1.01. The molecule has 13 heavy (non-hydrogen) atoms. The Hall–Kier alpha value is -1.09. The van der Waals surface area contributed by atoms with Crippen molar-refractivity contribution in [2.75, 3.05) is 0 Å². The third kappa shape index (κ3) is 1.98. The van der Waals surface area contributed by atoms with E-state index in [1.54, 1.807) is 6.92 Å². The first-order chi connectivity index (χ1) is 6.06. The van der Waals surface area contributed by atoms with Gasteiger partial charge in [-0.15, -0.1) is 0 Å². The number of rotatable bonds is 2. The Morgan fingerprint density at radius 3 is 2.77 bits per heavy atom. The first-order valence-corrected chi connectivity index (χ1v) is 4.33. The highest BCUT2D eigenvalue weighted by atomic mass is 35.5. The van der Waals surface area contributed by atoms with E-state index in [4.69, 9.17) is 16.7 Å². The molecule has 1 aromatic heterocycles. The van der Waals surface area contributed by atoms with Gasteiger partial charge >= 0.3 is 5.97 Å². The van der Waals surface area contributed by atoms with Gasteiger partial charge in [0.1, 0.15) is 0 Å². The van der Waals surface area contributed by atoms with E-state index in [1.165, 1.54) is 6.07 Å². The van der Waals surface area contributed by atoms with Crippen molar-refractivity contribution in [1.82, 2.24) is 4.98 Å². The first-order valence-electron chi connectivity index (χ1n) is 3.95. The standard InChI is InChI=1S/C9H10ClNO2/c1-3-7-8(10)6(9(12)13)4-5(2)11-7/h4H,3H2,1-2H3,(H,12,13). The molecule has 0 aliphatic heterocycles. The molecule has 0 aliphatic rings. The minimum Gasteiger partial charge on any atom is -0.478 e. The second-order valence-corrected chi connectivity index (χ2v) is 3.11. The highest BCUT2D eigenvalue weighted by Gasteiger charge is 2.13. The number of carboxylic acids is 1. The number of carboxylic acid groups (broad SMARTS) is 1. The maximum atomic E-state index is 10.7. The van der Waals surface area contributed by atoms with Crippen LogP contribution in [0.5, 0.6) is 0 Å². The summed E-state index contributed by atoms with van der Waals surface area (Å²) in [6.45, 7) is 3.64. The second-order valence-electron chi connectivity index (χ2n) is 2.73. The van der Waals surface area contributed by atoms with Crippen molar-refractivity contribution in [2.24, 2.45) is 0 Å². The van der Waals surface area contributed by atoms with Crippen molar-refractivity contribution in [3.63, 3.8) is 0 Å². The molecule has 1 aromatic rings. The Labute approximate surface area is 81.4 Å². The molecule has 1 heterocycles. The maximum Gasteiger partial charge on any atom is 0.337 e. The Morgan fingerprint density at radius 1 is 1.69 bits per heavy atom. The lowest BCUT2D eigenvalue weighted by Gasteiger charge is -2.05. The Balaban J connectivity index is 3.35. The van der Waals surface area contributed by atoms with Crippen LogP contribution in [0.15, 0.2) is 6.07 Å². The van der Waals surface area contributed by atoms with Crippen LogP contribution in [0, 0.1) is 6.92 Å². The molecule has 3 nitrogen and oxygen atoms in total. The average Bonchev–Trinajstić information content (AvgIpc) is 2.08. The van der Waals surface area contributed by atoms with E-state index in [2.05, 4.69) is 4.98 Å². The molecule has 0 aromatic carbocycles. The number of aromatic carboxylic acids is 1. The molecule has 0 saturated heterocycles. The van der Waals surface area contributed by atoms with Crippen molar-refractivity contribution in [2.45, 2.75) is 20.3 Å². The van der Waals surface area contributed by atoms with Crippen LogP contribution in [-0.2, 0) is 6.42 Å². The molecule has 0 amide bonds. The largest absolute Gasteiger partial charge is 0.478 e. The van der Waals surface area contributed by atoms with Gasteiger partial charge in [-0.3, -0.25) is 4.98 Å². The van der Waals surface area contributed by atoms with E-state index < -0.39 is 5.97 Å². The molecule has 0 unspecified atom stereocenters. The maximum absolute atomic E-state index is 10.7. The number of aryl methyl sites for hydroxylation is 2. The number of hydrogen-bond acceptors (Lipinski definition) is 2. The van der Waals surface area contributed by atoms with Crippen LogP contribution >= 0.6 is 11.6 Å². The zero-order chi connectivity index (χ0) is 10.0. The highest BCUT2D eigenvalue weighted by Crippen LogP contribution is 2.20. The molecule has 0 saturated carbocycles. The molecule has 4 heteroatoms. The van der Waals surface area contributed by atoms with Crippen LogP contribution < -0.4 is 0 Å². The van der Waals surface area contributed by atoms with Crippen molar-refractivity contribution >= 4 is 17.6 Å². The van der Waals surface area contributed by atoms with Gasteiger partial charge in [-0.25, -0.2) is 4.79 Å². The van der Waals surface area contributed by atoms with E-state index in [0.717, 1.165) is 0 Å². The minimum absolute atomic E-state index is 0.131. The molecule has 1 rings (SSSR count).